The van der Waals surface area contributed by atoms with Crippen LogP contribution in [0.2, 0.25) is 0 Å². The first-order valence-corrected chi connectivity index (χ1v) is 5.67. The van der Waals surface area contributed by atoms with Crippen LogP contribution in [0.25, 0.3) is 0 Å². The Hall–Kier alpha value is -1.39. The van der Waals surface area contributed by atoms with Crippen molar-refractivity contribution in [2.75, 3.05) is 7.11 Å². The number of carboxylic acids is 1. The molecular weight excluding hydrogens is 218 g/mol. The monoisotopic (exact) mass is 235 g/mol. The van der Waals surface area contributed by atoms with Crippen molar-refractivity contribution < 1.29 is 14.6 Å². The zero-order chi connectivity index (χ0) is 12.5. The lowest BCUT2D eigenvalue weighted by molar-refractivity contribution is -0.139. The predicted molar refractivity (Wildman–Crippen MR) is 63.7 cm³/mol. The largest absolute Gasteiger partial charge is 0.480 e. The highest BCUT2D eigenvalue weighted by atomic mass is 16.5. The van der Waals surface area contributed by atoms with Crippen molar-refractivity contribution in [2.24, 2.45) is 5.73 Å². The number of nitrogens with two attached hydrogens (primary N) is 1. The zero-order valence-electron chi connectivity index (χ0n) is 9.85. The summed E-state index contributed by atoms with van der Waals surface area (Å²) in [5.74, 6) is -0.931. The summed E-state index contributed by atoms with van der Waals surface area (Å²) in [6.45, 7) is 0.534. The first-order valence-electron chi connectivity index (χ1n) is 5.67. The van der Waals surface area contributed by atoms with E-state index in [1.165, 1.54) is 0 Å². The van der Waals surface area contributed by atoms with Crippen LogP contribution >= 0.6 is 0 Å². The molecule has 4 nitrogen and oxygen atoms in total. The van der Waals surface area contributed by atoms with Crippen LogP contribution in [0.4, 0.5) is 0 Å². The van der Waals surface area contributed by atoms with E-state index in [9.17, 15) is 4.79 Å². The van der Waals surface area contributed by atoms with Crippen molar-refractivity contribution in [1.29, 1.82) is 0 Å². The minimum Gasteiger partial charge on any atom is -0.480 e. The Morgan fingerprint density at radius 1 is 1.59 bits per heavy atom. The van der Waals surface area contributed by atoms with Gasteiger partial charge in [-0.1, -0.05) is 24.3 Å². The van der Waals surface area contributed by atoms with E-state index in [1.54, 1.807) is 7.11 Å². The predicted octanol–water partition coefficient (Wildman–Crippen LogP) is 1.28. The molecule has 0 bridgehead atoms. The molecular formula is C13H17NO3. The summed E-state index contributed by atoms with van der Waals surface area (Å²) >= 11 is 0. The van der Waals surface area contributed by atoms with Gasteiger partial charge in [-0.05, 0) is 24.0 Å². The quantitative estimate of drug-likeness (QED) is 0.806. The number of ether oxygens (including phenoxy) is 1. The van der Waals surface area contributed by atoms with Crippen LogP contribution in [0, 0.1) is 0 Å². The summed E-state index contributed by atoms with van der Waals surface area (Å²) in [5, 5.41) is 9.04. The highest BCUT2D eigenvalue weighted by molar-refractivity contribution is 5.77. The van der Waals surface area contributed by atoms with Crippen LogP contribution in [0.5, 0.6) is 0 Å². The molecule has 1 aliphatic rings. The van der Waals surface area contributed by atoms with E-state index in [-0.39, 0.29) is 5.41 Å². The summed E-state index contributed by atoms with van der Waals surface area (Å²) in [7, 11) is 1.64. The van der Waals surface area contributed by atoms with Crippen LogP contribution in [0.3, 0.4) is 0 Å². The highest BCUT2D eigenvalue weighted by Gasteiger charge is 2.52. The fraction of sp³-hybridized carbons (Fsp3) is 0.462. The zero-order valence-corrected chi connectivity index (χ0v) is 9.85. The van der Waals surface area contributed by atoms with E-state index in [4.69, 9.17) is 15.6 Å². The van der Waals surface area contributed by atoms with E-state index in [0.717, 1.165) is 24.0 Å². The highest BCUT2D eigenvalue weighted by Crippen LogP contribution is 2.50. The number of carbonyl (C=O) groups is 1. The number of carboxylic acid groups (broad SMARTS) is 1. The molecule has 1 saturated carbocycles. The maximum atomic E-state index is 11.0. The maximum Gasteiger partial charge on any atom is 0.321 e. The number of aliphatic carboxylic acids is 1. The van der Waals surface area contributed by atoms with E-state index in [1.807, 2.05) is 24.3 Å². The Kier molecular flexibility index (Phi) is 3.17. The standard InChI is InChI=1S/C13H17NO3/c1-17-8-9-3-2-4-10(7-9)13(5-6-13)11(14)12(15)16/h2-4,7,11H,5-6,8,14H2,1H3,(H,15,16). The minimum absolute atomic E-state index is 0.365. The van der Waals surface area contributed by atoms with Gasteiger partial charge in [0.15, 0.2) is 0 Å². The molecule has 1 unspecified atom stereocenters. The molecule has 92 valence electrons. The molecule has 3 N–H and O–H groups in total. The van der Waals surface area contributed by atoms with Gasteiger partial charge in [0.1, 0.15) is 6.04 Å². The SMILES string of the molecule is COCc1cccc(C2(C(N)C(=O)O)CC2)c1. The minimum atomic E-state index is -0.931. The lowest BCUT2D eigenvalue weighted by atomic mass is 9.87. The van der Waals surface area contributed by atoms with Crippen molar-refractivity contribution in [3.05, 3.63) is 35.4 Å². The van der Waals surface area contributed by atoms with Crippen LogP contribution < -0.4 is 5.73 Å². The third-order valence-corrected chi connectivity index (χ3v) is 3.46. The average Bonchev–Trinajstić information content (AvgIpc) is 3.10. The van der Waals surface area contributed by atoms with Gasteiger partial charge in [-0.2, -0.15) is 0 Å². The fourth-order valence-electron chi connectivity index (χ4n) is 2.29. The number of rotatable bonds is 5. The summed E-state index contributed by atoms with van der Waals surface area (Å²) in [6, 6.07) is 7.03. The van der Waals surface area contributed by atoms with E-state index in [2.05, 4.69) is 0 Å². The van der Waals surface area contributed by atoms with Crippen molar-refractivity contribution >= 4 is 5.97 Å². The molecule has 1 aromatic rings. The summed E-state index contributed by atoms with van der Waals surface area (Å²) < 4.78 is 5.08. The van der Waals surface area contributed by atoms with Gasteiger partial charge in [-0.25, -0.2) is 0 Å². The normalized spacial score (nSPS) is 18.7. The van der Waals surface area contributed by atoms with Crippen molar-refractivity contribution in [1.82, 2.24) is 0 Å². The first-order chi connectivity index (χ1) is 8.10. The van der Waals surface area contributed by atoms with E-state index >= 15 is 0 Å². The molecule has 2 rings (SSSR count). The maximum absolute atomic E-state index is 11.0. The Morgan fingerprint density at radius 2 is 2.29 bits per heavy atom. The molecule has 1 aliphatic carbocycles. The second kappa shape index (κ2) is 4.47. The molecule has 4 heteroatoms. The number of methoxy groups -OCH3 is 1. The molecule has 17 heavy (non-hydrogen) atoms. The molecule has 0 aliphatic heterocycles. The number of hydrogen-bond acceptors (Lipinski definition) is 3. The van der Waals surface area contributed by atoms with Gasteiger partial charge in [0.2, 0.25) is 0 Å². The Morgan fingerprint density at radius 3 is 2.82 bits per heavy atom. The van der Waals surface area contributed by atoms with Gasteiger partial charge in [0, 0.05) is 12.5 Å². The lowest BCUT2D eigenvalue weighted by Gasteiger charge is -2.20. The van der Waals surface area contributed by atoms with Gasteiger partial charge in [0.25, 0.3) is 0 Å². The van der Waals surface area contributed by atoms with E-state index in [0.29, 0.717) is 6.61 Å². The summed E-state index contributed by atoms with van der Waals surface area (Å²) in [6.07, 6.45) is 1.69. The number of benzene rings is 1. The first kappa shape index (κ1) is 12.1. The lowest BCUT2D eigenvalue weighted by Crippen LogP contribution is -2.42. The molecule has 0 aromatic heterocycles. The molecule has 1 atom stereocenters. The third-order valence-electron chi connectivity index (χ3n) is 3.46. The fourth-order valence-corrected chi connectivity index (χ4v) is 2.29. The number of hydrogen-bond donors (Lipinski definition) is 2. The van der Waals surface area contributed by atoms with Gasteiger partial charge >= 0.3 is 5.97 Å². The molecule has 0 saturated heterocycles. The van der Waals surface area contributed by atoms with Crippen LogP contribution in [-0.2, 0) is 21.6 Å². The Labute approximate surface area is 100 Å². The average molecular weight is 235 g/mol. The Bertz CT molecular complexity index is 426. The molecule has 0 radical (unpaired) electrons. The topological polar surface area (TPSA) is 72.5 Å². The second-order valence-corrected chi connectivity index (χ2v) is 4.61. The van der Waals surface area contributed by atoms with Crippen molar-refractivity contribution in [3.63, 3.8) is 0 Å². The van der Waals surface area contributed by atoms with Gasteiger partial charge in [0.05, 0.1) is 6.61 Å². The summed E-state index contributed by atoms with van der Waals surface area (Å²) in [4.78, 5) is 11.0. The molecule has 1 aromatic carbocycles. The smallest absolute Gasteiger partial charge is 0.321 e. The van der Waals surface area contributed by atoms with Crippen LogP contribution in [0.15, 0.2) is 24.3 Å². The van der Waals surface area contributed by atoms with Crippen LogP contribution in [0.1, 0.15) is 24.0 Å². The molecule has 1 fully saturated rings. The van der Waals surface area contributed by atoms with Gasteiger partial charge in [-0.3, -0.25) is 4.79 Å². The van der Waals surface area contributed by atoms with Crippen LogP contribution in [-0.4, -0.2) is 24.2 Å². The second-order valence-electron chi connectivity index (χ2n) is 4.61. The molecule has 0 spiro atoms. The Balaban J connectivity index is 2.27. The van der Waals surface area contributed by atoms with Gasteiger partial charge < -0.3 is 15.6 Å². The van der Waals surface area contributed by atoms with E-state index < -0.39 is 12.0 Å². The third kappa shape index (κ3) is 2.18. The van der Waals surface area contributed by atoms with Crippen molar-refractivity contribution in [3.8, 4) is 0 Å². The molecule has 0 amide bonds. The molecule has 0 heterocycles. The van der Waals surface area contributed by atoms with Gasteiger partial charge in [-0.15, -0.1) is 0 Å². The summed E-state index contributed by atoms with van der Waals surface area (Å²) in [5.41, 5.74) is 7.48. The van der Waals surface area contributed by atoms with Crippen molar-refractivity contribution in [2.45, 2.75) is 30.9 Å².